The van der Waals surface area contributed by atoms with Crippen LogP contribution in [0.2, 0.25) is 0 Å². The smallest absolute Gasteiger partial charge is 0.317 e. The molecule has 1 heterocycles. The lowest BCUT2D eigenvalue weighted by Crippen LogP contribution is -2.53. The molecule has 3 rings (SSSR count). The summed E-state index contributed by atoms with van der Waals surface area (Å²) in [5.74, 6) is 0. The zero-order valence-electron chi connectivity index (χ0n) is 13.1. The monoisotopic (exact) mass is 365 g/mol. The minimum Gasteiger partial charge on any atom is -0.368 e. The molecule has 2 fully saturated rings. The van der Waals surface area contributed by atoms with Crippen molar-refractivity contribution in [3.8, 4) is 0 Å². The number of halogens is 1. The van der Waals surface area contributed by atoms with Gasteiger partial charge in [-0.15, -0.1) is 0 Å². The van der Waals surface area contributed by atoms with Crippen molar-refractivity contribution in [1.82, 2.24) is 10.2 Å². The molecule has 2 aliphatic rings. The Morgan fingerprint density at radius 3 is 2.50 bits per heavy atom. The summed E-state index contributed by atoms with van der Waals surface area (Å²) in [6, 6.07) is 6.98. The summed E-state index contributed by atoms with van der Waals surface area (Å²) < 4.78 is 1.14. The van der Waals surface area contributed by atoms with Crippen LogP contribution < -0.4 is 10.2 Å². The summed E-state index contributed by atoms with van der Waals surface area (Å²) in [4.78, 5) is 16.6. The third-order valence-corrected chi connectivity index (χ3v) is 5.65. The van der Waals surface area contributed by atoms with E-state index < -0.39 is 0 Å². The molecule has 1 aromatic carbocycles. The normalized spacial score (nSPS) is 19.5. The Morgan fingerprint density at radius 1 is 1.18 bits per heavy atom. The van der Waals surface area contributed by atoms with Crippen molar-refractivity contribution >= 4 is 27.6 Å². The number of rotatable bonds is 2. The molecule has 0 atom stereocenters. The molecule has 4 nitrogen and oxygen atoms in total. The van der Waals surface area contributed by atoms with Crippen LogP contribution >= 0.6 is 15.9 Å². The highest BCUT2D eigenvalue weighted by Crippen LogP contribution is 2.24. The summed E-state index contributed by atoms with van der Waals surface area (Å²) in [7, 11) is 0. The van der Waals surface area contributed by atoms with Crippen molar-refractivity contribution in [2.75, 3.05) is 31.1 Å². The minimum absolute atomic E-state index is 0.124. The summed E-state index contributed by atoms with van der Waals surface area (Å²) in [5.41, 5.74) is 2.50. The molecule has 1 saturated heterocycles. The van der Waals surface area contributed by atoms with Gasteiger partial charge in [-0.3, -0.25) is 0 Å². The van der Waals surface area contributed by atoms with E-state index in [9.17, 15) is 4.79 Å². The molecule has 22 heavy (non-hydrogen) atoms. The first-order chi connectivity index (χ1) is 10.6. The maximum absolute atomic E-state index is 12.3. The van der Waals surface area contributed by atoms with Crippen LogP contribution in [-0.4, -0.2) is 43.2 Å². The molecule has 0 bridgehead atoms. The fraction of sp³-hybridized carbons (Fsp3) is 0.588. The van der Waals surface area contributed by atoms with Crippen LogP contribution in [-0.2, 0) is 0 Å². The third kappa shape index (κ3) is 3.57. The molecule has 0 aromatic heterocycles. The van der Waals surface area contributed by atoms with Crippen molar-refractivity contribution in [2.45, 2.75) is 38.6 Å². The van der Waals surface area contributed by atoms with Crippen LogP contribution in [0.1, 0.15) is 31.2 Å². The van der Waals surface area contributed by atoms with E-state index in [1.807, 2.05) is 4.90 Å². The van der Waals surface area contributed by atoms with Gasteiger partial charge < -0.3 is 15.1 Å². The Hall–Kier alpha value is -1.23. The Bertz CT molecular complexity index is 535. The fourth-order valence-electron chi connectivity index (χ4n) is 3.33. The van der Waals surface area contributed by atoms with E-state index >= 15 is 0 Å². The second-order valence-corrected chi connectivity index (χ2v) is 7.19. The van der Waals surface area contributed by atoms with Crippen molar-refractivity contribution < 1.29 is 4.79 Å². The zero-order valence-corrected chi connectivity index (χ0v) is 14.7. The summed E-state index contributed by atoms with van der Waals surface area (Å²) in [5, 5.41) is 3.18. The van der Waals surface area contributed by atoms with E-state index in [4.69, 9.17) is 0 Å². The Kier molecular flexibility index (Phi) is 4.91. The van der Waals surface area contributed by atoms with Gasteiger partial charge in [0.25, 0.3) is 0 Å². The molecule has 1 aromatic rings. The van der Waals surface area contributed by atoms with Crippen LogP contribution in [0.3, 0.4) is 0 Å². The molecule has 1 aliphatic heterocycles. The van der Waals surface area contributed by atoms with Crippen molar-refractivity contribution in [3.05, 3.63) is 28.2 Å². The number of hydrogen-bond acceptors (Lipinski definition) is 2. The lowest BCUT2D eigenvalue weighted by atomic mass is 10.2. The second-order valence-electron chi connectivity index (χ2n) is 6.34. The van der Waals surface area contributed by atoms with Gasteiger partial charge in [0.05, 0.1) is 0 Å². The first kappa shape index (κ1) is 15.7. The van der Waals surface area contributed by atoms with E-state index in [0.29, 0.717) is 6.04 Å². The Morgan fingerprint density at radius 2 is 1.86 bits per heavy atom. The SMILES string of the molecule is Cc1cc(N2CCN(C(=O)NC3CCCC3)CC2)ccc1Br. The fourth-order valence-corrected chi connectivity index (χ4v) is 3.58. The van der Waals surface area contributed by atoms with Gasteiger partial charge in [-0.2, -0.15) is 0 Å². The number of amides is 2. The molecule has 0 spiro atoms. The summed E-state index contributed by atoms with van der Waals surface area (Å²) in [6.45, 7) is 5.51. The van der Waals surface area contributed by atoms with Gasteiger partial charge in [-0.05, 0) is 43.5 Å². The molecular weight excluding hydrogens is 342 g/mol. The molecule has 5 heteroatoms. The van der Waals surface area contributed by atoms with Gasteiger partial charge in [0.1, 0.15) is 0 Å². The van der Waals surface area contributed by atoms with E-state index in [0.717, 1.165) is 43.5 Å². The average molecular weight is 366 g/mol. The molecule has 120 valence electrons. The molecule has 1 saturated carbocycles. The van der Waals surface area contributed by atoms with Crippen LogP contribution in [0.5, 0.6) is 0 Å². The maximum atomic E-state index is 12.3. The number of carbonyl (C=O) groups is 1. The van der Waals surface area contributed by atoms with E-state index in [2.05, 4.69) is 51.3 Å². The van der Waals surface area contributed by atoms with E-state index in [-0.39, 0.29) is 6.03 Å². The lowest BCUT2D eigenvalue weighted by Gasteiger charge is -2.36. The number of aryl methyl sites for hydroxylation is 1. The van der Waals surface area contributed by atoms with E-state index in [1.165, 1.54) is 24.1 Å². The molecule has 0 unspecified atom stereocenters. The molecule has 0 radical (unpaired) electrons. The second kappa shape index (κ2) is 6.90. The number of benzene rings is 1. The van der Waals surface area contributed by atoms with Gasteiger partial charge >= 0.3 is 6.03 Å². The van der Waals surface area contributed by atoms with Crippen molar-refractivity contribution in [3.63, 3.8) is 0 Å². The number of nitrogens with zero attached hydrogens (tertiary/aromatic N) is 2. The minimum atomic E-state index is 0.124. The quantitative estimate of drug-likeness (QED) is 0.869. The highest BCUT2D eigenvalue weighted by molar-refractivity contribution is 9.10. The standard InChI is InChI=1S/C17H24BrN3O/c1-13-12-15(6-7-16(13)18)20-8-10-21(11-9-20)17(22)19-14-4-2-3-5-14/h6-7,12,14H,2-5,8-11H2,1H3,(H,19,22). The first-order valence-electron chi connectivity index (χ1n) is 8.20. The van der Waals surface area contributed by atoms with Crippen LogP contribution in [0.4, 0.5) is 10.5 Å². The predicted octanol–water partition coefficient (Wildman–Crippen LogP) is 3.53. The number of carbonyl (C=O) groups excluding carboxylic acids is 1. The Balaban J connectivity index is 1.53. The van der Waals surface area contributed by atoms with Gasteiger partial charge in [0.2, 0.25) is 0 Å². The lowest BCUT2D eigenvalue weighted by molar-refractivity contribution is 0.190. The van der Waals surface area contributed by atoms with Gasteiger partial charge in [-0.25, -0.2) is 4.79 Å². The van der Waals surface area contributed by atoms with E-state index in [1.54, 1.807) is 0 Å². The van der Waals surface area contributed by atoms with Crippen LogP contribution in [0.25, 0.3) is 0 Å². The van der Waals surface area contributed by atoms with Crippen LogP contribution in [0.15, 0.2) is 22.7 Å². The molecule has 2 amide bonds. The number of nitrogens with one attached hydrogen (secondary N) is 1. The Labute approximate surface area is 141 Å². The topological polar surface area (TPSA) is 35.6 Å². The van der Waals surface area contributed by atoms with Gasteiger partial charge in [-0.1, -0.05) is 28.8 Å². The number of anilines is 1. The first-order valence-corrected chi connectivity index (χ1v) is 8.99. The zero-order chi connectivity index (χ0) is 15.5. The van der Waals surface area contributed by atoms with Gasteiger partial charge in [0.15, 0.2) is 0 Å². The molecular formula is C17H24BrN3O. The molecule has 1 aliphatic carbocycles. The average Bonchev–Trinajstić information content (AvgIpc) is 3.03. The van der Waals surface area contributed by atoms with Crippen molar-refractivity contribution in [1.29, 1.82) is 0 Å². The molecule has 1 N–H and O–H groups in total. The summed E-state index contributed by atoms with van der Waals surface area (Å²) in [6.07, 6.45) is 4.79. The number of hydrogen-bond donors (Lipinski definition) is 1. The highest BCUT2D eigenvalue weighted by atomic mass is 79.9. The number of piperazine rings is 1. The number of urea groups is 1. The van der Waals surface area contributed by atoms with Crippen LogP contribution in [0, 0.1) is 6.92 Å². The largest absolute Gasteiger partial charge is 0.368 e. The maximum Gasteiger partial charge on any atom is 0.317 e. The third-order valence-electron chi connectivity index (χ3n) is 4.76. The predicted molar refractivity (Wildman–Crippen MR) is 93.5 cm³/mol. The van der Waals surface area contributed by atoms with Crippen molar-refractivity contribution in [2.24, 2.45) is 0 Å². The van der Waals surface area contributed by atoms with Gasteiger partial charge in [0, 0.05) is 42.4 Å². The summed E-state index contributed by atoms with van der Waals surface area (Å²) >= 11 is 3.54. The highest BCUT2D eigenvalue weighted by Gasteiger charge is 2.24.